The Labute approximate surface area is 121 Å². The summed E-state index contributed by atoms with van der Waals surface area (Å²) >= 11 is 0. The molecular formula is C18H23NO. The molecule has 0 amide bonds. The van der Waals surface area contributed by atoms with Crippen LogP contribution in [0.5, 0.6) is 5.75 Å². The van der Waals surface area contributed by atoms with Gasteiger partial charge in [-0.3, -0.25) is 0 Å². The van der Waals surface area contributed by atoms with E-state index in [2.05, 4.69) is 44.3 Å². The summed E-state index contributed by atoms with van der Waals surface area (Å²) in [6, 6.07) is 12.6. The summed E-state index contributed by atoms with van der Waals surface area (Å²) in [5.74, 6) is 0.913. The molecule has 0 aliphatic carbocycles. The number of rotatable bonds is 5. The Hall–Kier alpha value is -1.96. The summed E-state index contributed by atoms with van der Waals surface area (Å²) in [6.45, 7) is 9.98. The van der Waals surface area contributed by atoms with Crippen molar-refractivity contribution in [3.05, 3.63) is 58.7 Å². The van der Waals surface area contributed by atoms with E-state index in [1.807, 2.05) is 25.1 Å². The molecule has 106 valence electrons. The first kappa shape index (κ1) is 14.4. The van der Waals surface area contributed by atoms with Crippen LogP contribution in [0.2, 0.25) is 0 Å². The molecule has 0 saturated heterocycles. The second-order valence-corrected chi connectivity index (χ2v) is 5.15. The van der Waals surface area contributed by atoms with Crippen molar-refractivity contribution in [1.29, 1.82) is 0 Å². The van der Waals surface area contributed by atoms with Crippen molar-refractivity contribution in [1.82, 2.24) is 0 Å². The van der Waals surface area contributed by atoms with Crippen molar-refractivity contribution in [3.8, 4) is 5.75 Å². The summed E-state index contributed by atoms with van der Waals surface area (Å²) < 4.78 is 5.64. The third-order valence-corrected chi connectivity index (χ3v) is 3.61. The Morgan fingerprint density at radius 1 is 0.950 bits per heavy atom. The van der Waals surface area contributed by atoms with Gasteiger partial charge < -0.3 is 10.1 Å². The first-order valence-electron chi connectivity index (χ1n) is 7.14. The zero-order valence-electron chi connectivity index (χ0n) is 12.8. The minimum atomic E-state index is 0.682. The lowest BCUT2D eigenvalue weighted by Crippen LogP contribution is -2.04. The van der Waals surface area contributed by atoms with E-state index in [-0.39, 0.29) is 0 Å². The van der Waals surface area contributed by atoms with E-state index < -0.39 is 0 Å². The van der Waals surface area contributed by atoms with Gasteiger partial charge in [0.05, 0.1) is 12.3 Å². The Balaban J connectivity index is 2.15. The monoisotopic (exact) mass is 269 g/mol. The van der Waals surface area contributed by atoms with E-state index in [9.17, 15) is 0 Å². The quantitative estimate of drug-likeness (QED) is 0.855. The van der Waals surface area contributed by atoms with E-state index in [4.69, 9.17) is 4.74 Å². The highest BCUT2D eigenvalue weighted by molar-refractivity contribution is 5.56. The molecule has 2 rings (SSSR count). The summed E-state index contributed by atoms with van der Waals surface area (Å²) in [5, 5.41) is 3.48. The molecule has 20 heavy (non-hydrogen) atoms. The highest BCUT2D eigenvalue weighted by Gasteiger charge is 2.05. The van der Waals surface area contributed by atoms with Crippen molar-refractivity contribution < 1.29 is 4.74 Å². The minimum Gasteiger partial charge on any atom is -0.492 e. The number of para-hydroxylation sites is 2. The Morgan fingerprint density at radius 3 is 2.40 bits per heavy atom. The van der Waals surface area contributed by atoms with Gasteiger partial charge in [-0.25, -0.2) is 0 Å². The van der Waals surface area contributed by atoms with Gasteiger partial charge in [0, 0.05) is 6.54 Å². The number of hydrogen-bond donors (Lipinski definition) is 1. The van der Waals surface area contributed by atoms with Crippen LogP contribution in [0, 0.1) is 20.8 Å². The fraction of sp³-hybridized carbons (Fsp3) is 0.333. The molecule has 0 spiro atoms. The lowest BCUT2D eigenvalue weighted by atomic mass is 10.0. The molecule has 0 aliphatic heterocycles. The van der Waals surface area contributed by atoms with Gasteiger partial charge in [0.2, 0.25) is 0 Å². The molecule has 1 N–H and O–H groups in total. The second kappa shape index (κ2) is 6.47. The molecule has 2 nitrogen and oxygen atoms in total. The predicted molar refractivity (Wildman–Crippen MR) is 85.6 cm³/mol. The zero-order valence-corrected chi connectivity index (χ0v) is 12.8. The number of aryl methyl sites for hydroxylation is 3. The van der Waals surface area contributed by atoms with Gasteiger partial charge in [0.1, 0.15) is 5.75 Å². The normalized spacial score (nSPS) is 10.4. The molecule has 0 saturated carbocycles. The SMILES string of the molecule is CCOc1ccccc1NCc1cc(C)c(C)cc1C. The summed E-state index contributed by atoms with van der Waals surface area (Å²) in [4.78, 5) is 0. The van der Waals surface area contributed by atoms with Gasteiger partial charge >= 0.3 is 0 Å². The number of ether oxygens (including phenoxy) is 1. The number of benzene rings is 2. The molecule has 2 heteroatoms. The Bertz CT molecular complexity index is 590. The van der Waals surface area contributed by atoms with Crippen molar-refractivity contribution in [2.45, 2.75) is 34.2 Å². The largest absolute Gasteiger partial charge is 0.492 e. The molecular weight excluding hydrogens is 246 g/mol. The van der Waals surface area contributed by atoms with Gasteiger partial charge in [-0.05, 0) is 62.1 Å². The maximum atomic E-state index is 5.64. The first-order valence-corrected chi connectivity index (χ1v) is 7.14. The van der Waals surface area contributed by atoms with Gasteiger partial charge in [0.15, 0.2) is 0 Å². The van der Waals surface area contributed by atoms with E-state index in [0.717, 1.165) is 18.0 Å². The van der Waals surface area contributed by atoms with Crippen molar-refractivity contribution in [2.75, 3.05) is 11.9 Å². The maximum Gasteiger partial charge on any atom is 0.142 e. The zero-order chi connectivity index (χ0) is 14.5. The van der Waals surface area contributed by atoms with Crippen LogP contribution in [-0.4, -0.2) is 6.61 Å². The molecule has 0 fully saturated rings. The van der Waals surface area contributed by atoms with Crippen LogP contribution in [0.1, 0.15) is 29.2 Å². The molecule has 2 aromatic carbocycles. The van der Waals surface area contributed by atoms with Crippen LogP contribution < -0.4 is 10.1 Å². The topological polar surface area (TPSA) is 21.3 Å². The van der Waals surface area contributed by atoms with Crippen LogP contribution in [0.4, 0.5) is 5.69 Å². The van der Waals surface area contributed by atoms with Crippen LogP contribution in [0.25, 0.3) is 0 Å². The predicted octanol–water partition coefficient (Wildman–Crippen LogP) is 4.62. The van der Waals surface area contributed by atoms with E-state index >= 15 is 0 Å². The van der Waals surface area contributed by atoms with Gasteiger partial charge in [-0.15, -0.1) is 0 Å². The van der Waals surface area contributed by atoms with E-state index in [1.165, 1.54) is 22.3 Å². The highest BCUT2D eigenvalue weighted by Crippen LogP contribution is 2.25. The molecule has 0 atom stereocenters. The molecule has 0 heterocycles. The smallest absolute Gasteiger partial charge is 0.142 e. The van der Waals surface area contributed by atoms with Crippen LogP contribution in [0.3, 0.4) is 0 Å². The third-order valence-electron chi connectivity index (χ3n) is 3.61. The fourth-order valence-electron chi connectivity index (χ4n) is 2.30. The summed E-state index contributed by atoms with van der Waals surface area (Å²) in [6.07, 6.45) is 0. The lowest BCUT2D eigenvalue weighted by molar-refractivity contribution is 0.341. The number of nitrogens with one attached hydrogen (secondary N) is 1. The van der Waals surface area contributed by atoms with Gasteiger partial charge in [-0.2, -0.15) is 0 Å². The Kier molecular flexibility index (Phi) is 4.67. The fourth-order valence-corrected chi connectivity index (χ4v) is 2.30. The van der Waals surface area contributed by atoms with Gasteiger partial charge in [0.25, 0.3) is 0 Å². The van der Waals surface area contributed by atoms with Crippen LogP contribution in [-0.2, 0) is 6.54 Å². The Morgan fingerprint density at radius 2 is 1.65 bits per heavy atom. The second-order valence-electron chi connectivity index (χ2n) is 5.15. The maximum absolute atomic E-state index is 5.64. The first-order chi connectivity index (χ1) is 9.61. The standard InChI is InChI=1S/C18H23NO/c1-5-20-18-9-7-6-8-17(18)19-12-16-11-14(3)13(2)10-15(16)4/h6-11,19H,5,12H2,1-4H3. The summed E-state index contributed by atoms with van der Waals surface area (Å²) in [7, 11) is 0. The molecule has 0 aliphatic rings. The van der Waals surface area contributed by atoms with Crippen LogP contribution >= 0.6 is 0 Å². The highest BCUT2D eigenvalue weighted by atomic mass is 16.5. The lowest BCUT2D eigenvalue weighted by Gasteiger charge is -2.14. The number of anilines is 1. The van der Waals surface area contributed by atoms with E-state index in [1.54, 1.807) is 0 Å². The molecule has 0 bridgehead atoms. The molecule has 0 aromatic heterocycles. The van der Waals surface area contributed by atoms with Crippen molar-refractivity contribution in [3.63, 3.8) is 0 Å². The van der Waals surface area contributed by atoms with E-state index in [0.29, 0.717) is 6.61 Å². The number of hydrogen-bond acceptors (Lipinski definition) is 2. The minimum absolute atomic E-state index is 0.682. The third kappa shape index (κ3) is 3.32. The molecule has 0 unspecified atom stereocenters. The summed E-state index contributed by atoms with van der Waals surface area (Å²) in [5.41, 5.74) is 6.40. The average Bonchev–Trinajstić information content (AvgIpc) is 2.43. The average molecular weight is 269 g/mol. The molecule has 0 radical (unpaired) electrons. The van der Waals surface area contributed by atoms with Crippen molar-refractivity contribution in [2.24, 2.45) is 0 Å². The van der Waals surface area contributed by atoms with Crippen molar-refractivity contribution >= 4 is 5.69 Å². The molecule has 2 aromatic rings. The van der Waals surface area contributed by atoms with Gasteiger partial charge in [-0.1, -0.05) is 24.3 Å². The van der Waals surface area contributed by atoms with Crippen LogP contribution in [0.15, 0.2) is 36.4 Å².